The molecule has 6 heteroatoms. The van der Waals surface area contributed by atoms with Crippen molar-refractivity contribution < 1.29 is 28.6 Å². The molecule has 0 aromatic rings. The monoisotopic (exact) mass is 867 g/mol. The summed E-state index contributed by atoms with van der Waals surface area (Å²) in [4.78, 5) is 38.0. The molecular weight excluding hydrogens is 769 g/mol. The largest absolute Gasteiger partial charge is 0.462 e. The van der Waals surface area contributed by atoms with Crippen LogP contribution in [0.3, 0.4) is 0 Å². The fourth-order valence-electron chi connectivity index (χ4n) is 7.24. The summed E-state index contributed by atoms with van der Waals surface area (Å²) < 4.78 is 16.8. The van der Waals surface area contributed by atoms with Crippen molar-refractivity contribution in [3.8, 4) is 0 Å². The molecule has 62 heavy (non-hydrogen) atoms. The molecule has 0 aliphatic heterocycles. The third-order valence-corrected chi connectivity index (χ3v) is 11.2. The molecule has 0 N–H and O–H groups in total. The van der Waals surface area contributed by atoms with E-state index in [1.54, 1.807) is 0 Å². The van der Waals surface area contributed by atoms with Crippen LogP contribution in [0.15, 0.2) is 60.8 Å². The zero-order valence-electron chi connectivity index (χ0n) is 40.9. The Balaban J connectivity index is 4.42. The molecule has 1 atom stereocenters. The van der Waals surface area contributed by atoms with Crippen LogP contribution in [-0.4, -0.2) is 37.2 Å². The number of hydrogen-bond acceptors (Lipinski definition) is 6. The van der Waals surface area contributed by atoms with Crippen LogP contribution in [0.25, 0.3) is 0 Å². The zero-order valence-corrected chi connectivity index (χ0v) is 40.9. The van der Waals surface area contributed by atoms with Gasteiger partial charge in [-0.15, -0.1) is 0 Å². The van der Waals surface area contributed by atoms with Gasteiger partial charge in [-0.25, -0.2) is 0 Å². The Morgan fingerprint density at radius 2 is 0.581 bits per heavy atom. The second-order valence-electron chi connectivity index (χ2n) is 17.4. The molecule has 0 aromatic heterocycles. The molecule has 0 rings (SSSR count). The highest BCUT2D eigenvalue weighted by molar-refractivity contribution is 5.71. The van der Waals surface area contributed by atoms with Crippen molar-refractivity contribution in [2.75, 3.05) is 13.2 Å². The highest BCUT2D eigenvalue weighted by atomic mass is 16.6. The van der Waals surface area contributed by atoms with Crippen LogP contribution in [0.2, 0.25) is 0 Å². The molecule has 0 amide bonds. The van der Waals surface area contributed by atoms with Gasteiger partial charge in [-0.05, 0) is 89.9 Å². The van der Waals surface area contributed by atoms with Crippen LogP contribution in [0.1, 0.15) is 258 Å². The van der Waals surface area contributed by atoms with E-state index in [-0.39, 0.29) is 31.1 Å². The van der Waals surface area contributed by atoms with E-state index in [0.717, 1.165) is 83.5 Å². The number of allylic oxidation sites excluding steroid dienone is 10. The fourth-order valence-corrected chi connectivity index (χ4v) is 7.24. The van der Waals surface area contributed by atoms with Crippen LogP contribution in [0, 0.1) is 0 Å². The second kappa shape index (κ2) is 50.8. The SMILES string of the molecule is CCCCC/C=C\C/C=C\C/C=C\CCCCC(=O)OC[C@@H](COC(=O)CCCCCCCCC/C=C\C/C=C\CCCCC)OC(=O)CCCCCCCCCCCCCC. The van der Waals surface area contributed by atoms with Gasteiger partial charge in [0.15, 0.2) is 6.10 Å². The normalized spacial score (nSPS) is 12.5. The number of carbonyl (C=O) groups is 3. The van der Waals surface area contributed by atoms with Crippen molar-refractivity contribution in [2.24, 2.45) is 0 Å². The van der Waals surface area contributed by atoms with Crippen molar-refractivity contribution in [1.82, 2.24) is 0 Å². The zero-order chi connectivity index (χ0) is 45.1. The van der Waals surface area contributed by atoms with E-state index < -0.39 is 6.10 Å². The van der Waals surface area contributed by atoms with E-state index in [1.165, 1.54) is 135 Å². The maximum Gasteiger partial charge on any atom is 0.306 e. The second-order valence-corrected chi connectivity index (χ2v) is 17.4. The lowest BCUT2D eigenvalue weighted by Gasteiger charge is -2.18. The molecule has 0 aliphatic rings. The van der Waals surface area contributed by atoms with Gasteiger partial charge in [0.2, 0.25) is 0 Å². The molecule has 0 heterocycles. The summed E-state index contributed by atoms with van der Waals surface area (Å²) in [6.07, 6.45) is 62.0. The number of carbonyl (C=O) groups excluding carboxylic acids is 3. The summed E-state index contributed by atoms with van der Waals surface area (Å²) in [6, 6.07) is 0. The predicted octanol–water partition coefficient (Wildman–Crippen LogP) is 17.3. The van der Waals surface area contributed by atoms with E-state index in [4.69, 9.17) is 14.2 Å². The average Bonchev–Trinajstić information content (AvgIpc) is 3.27. The first-order valence-corrected chi connectivity index (χ1v) is 26.3. The summed E-state index contributed by atoms with van der Waals surface area (Å²) >= 11 is 0. The third kappa shape index (κ3) is 48.1. The van der Waals surface area contributed by atoms with Gasteiger partial charge in [-0.1, -0.05) is 210 Å². The molecule has 0 saturated heterocycles. The van der Waals surface area contributed by atoms with Gasteiger partial charge in [0.1, 0.15) is 13.2 Å². The van der Waals surface area contributed by atoms with Gasteiger partial charge < -0.3 is 14.2 Å². The Morgan fingerprint density at radius 1 is 0.323 bits per heavy atom. The van der Waals surface area contributed by atoms with Crippen molar-refractivity contribution in [3.63, 3.8) is 0 Å². The Kier molecular flexibility index (Phi) is 48.4. The van der Waals surface area contributed by atoms with Crippen molar-refractivity contribution >= 4 is 17.9 Å². The number of esters is 3. The minimum absolute atomic E-state index is 0.0888. The van der Waals surface area contributed by atoms with Crippen molar-refractivity contribution in [1.29, 1.82) is 0 Å². The summed E-state index contributed by atoms with van der Waals surface area (Å²) in [5.41, 5.74) is 0. The minimum Gasteiger partial charge on any atom is -0.462 e. The first-order valence-electron chi connectivity index (χ1n) is 26.3. The highest BCUT2D eigenvalue weighted by Crippen LogP contribution is 2.15. The summed E-state index contributed by atoms with van der Waals surface area (Å²) in [6.45, 7) is 6.55. The van der Waals surface area contributed by atoms with Crippen LogP contribution in [0.5, 0.6) is 0 Å². The number of ether oxygens (including phenoxy) is 3. The van der Waals surface area contributed by atoms with Gasteiger partial charge in [0, 0.05) is 19.3 Å². The van der Waals surface area contributed by atoms with E-state index in [1.807, 2.05) is 0 Å². The molecule has 0 spiro atoms. The molecule has 0 aromatic carbocycles. The number of hydrogen-bond donors (Lipinski definition) is 0. The highest BCUT2D eigenvalue weighted by Gasteiger charge is 2.19. The van der Waals surface area contributed by atoms with Crippen LogP contribution >= 0.6 is 0 Å². The van der Waals surface area contributed by atoms with Crippen molar-refractivity contribution in [3.05, 3.63) is 60.8 Å². The molecule has 6 nitrogen and oxygen atoms in total. The van der Waals surface area contributed by atoms with E-state index in [2.05, 4.69) is 81.5 Å². The quantitative estimate of drug-likeness (QED) is 0.0262. The first kappa shape index (κ1) is 59.1. The molecular formula is C56H98O6. The van der Waals surface area contributed by atoms with Gasteiger partial charge >= 0.3 is 17.9 Å². The predicted molar refractivity (Wildman–Crippen MR) is 265 cm³/mol. The maximum atomic E-state index is 12.8. The lowest BCUT2D eigenvalue weighted by molar-refractivity contribution is -0.167. The Bertz CT molecular complexity index is 1130. The molecule has 0 unspecified atom stereocenters. The molecule has 358 valence electrons. The standard InChI is InChI=1S/C56H98O6/c1-4-7-10-13-16-19-22-25-27-28-30-32-35-37-40-43-46-49-55(58)61-52-53(62-56(59)50-47-44-41-38-33-24-21-18-15-12-9-6-3)51-60-54(57)48-45-42-39-36-34-31-29-26-23-20-17-14-11-8-5-2/h16-17,19-20,25-27,29,34,36,53H,4-15,18,21-24,28,30-33,35,37-52H2,1-3H3/b19-16-,20-17-,27-25-,29-26-,36-34-/t53-/m0/s1. The fraction of sp³-hybridized carbons (Fsp3) is 0.768. The van der Waals surface area contributed by atoms with E-state index in [0.29, 0.717) is 19.3 Å². The topological polar surface area (TPSA) is 78.9 Å². The molecule has 0 aliphatic carbocycles. The lowest BCUT2D eigenvalue weighted by Crippen LogP contribution is -2.30. The Hall–Kier alpha value is -2.89. The summed E-state index contributed by atoms with van der Waals surface area (Å²) in [5, 5.41) is 0. The molecule has 0 fully saturated rings. The Morgan fingerprint density at radius 3 is 0.968 bits per heavy atom. The Labute approximate surface area is 383 Å². The molecule has 0 saturated carbocycles. The van der Waals surface area contributed by atoms with Gasteiger partial charge in [-0.3, -0.25) is 14.4 Å². The number of unbranched alkanes of at least 4 members (excludes halogenated alkanes) is 26. The third-order valence-electron chi connectivity index (χ3n) is 11.2. The maximum absolute atomic E-state index is 12.8. The summed E-state index contributed by atoms with van der Waals surface area (Å²) in [5.74, 6) is -0.930. The van der Waals surface area contributed by atoms with Crippen LogP contribution < -0.4 is 0 Å². The summed E-state index contributed by atoms with van der Waals surface area (Å²) in [7, 11) is 0. The first-order chi connectivity index (χ1) is 30.5. The van der Waals surface area contributed by atoms with Crippen LogP contribution in [0.4, 0.5) is 0 Å². The van der Waals surface area contributed by atoms with Gasteiger partial charge in [0.25, 0.3) is 0 Å². The van der Waals surface area contributed by atoms with Crippen molar-refractivity contribution in [2.45, 2.75) is 264 Å². The van der Waals surface area contributed by atoms with Gasteiger partial charge in [-0.2, -0.15) is 0 Å². The lowest BCUT2D eigenvalue weighted by atomic mass is 10.0. The molecule has 0 radical (unpaired) electrons. The van der Waals surface area contributed by atoms with E-state index >= 15 is 0 Å². The van der Waals surface area contributed by atoms with E-state index in [9.17, 15) is 14.4 Å². The number of rotatable bonds is 47. The van der Waals surface area contributed by atoms with Crippen LogP contribution in [-0.2, 0) is 28.6 Å². The van der Waals surface area contributed by atoms with Gasteiger partial charge in [0.05, 0.1) is 0 Å². The average molecular weight is 867 g/mol. The minimum atomic E-state index is -0.790. The molecule has 0 bridgehead atoms. The smallest absolute Gasteiger partial charge is 0.306 e.